The minimum absolute atomic E-state index is 0.191. The van der Waals surface area contributed by atoms with Gasteiger partial charge in [0, 0.05) is 27.2 Å². The summed E-state index contributed by atoms with van der Waals surface area (Å²) in [6, 6.07) is 71.0. The fourth-order valence-electron chi connectivity index (χ4n) is 11.0. The lowest BCUT2D eigenvalue weighted by molar-refractivity contribution is 0.669. The molecule has 14 aromatic rings. The number of fused-ring (bicyclic) bond motifs is 10. The summed E-state index contributed by atoms with van der Waals surface area (Å²) in [5.74, 6) is 0. The van der Waals surface area contributed by atoms with Crippen LogP contribution in [-0.2, 0) is 0 Å². The zero-order valence-corrected chi connectivity index (χ0v) is 35.5. The zero-order chi connectivity index (χ0) is 47.6. The van der Waals surface area contributed by atoms with Gasteiger partial charge in [-0.25, -0.2) is 0 Å². The summed E-state index contributed by atoms with van der Waals surface area (Å²) >= 11 is 0. The molecule has 0 amide bonds. The highest BCUT2D eigenvalue weighted by molar-refractivity contribution is 6.27. The lowest BCUT2D eigenvalue weighted by Crippen LogP contribution is -1.94. The molecule has 0 fully saturated rings. The van der Waals surface area contributed by atoms with E-state index in [1.165, 1.54) is 38.1 Å². The molecule has 0 spiro atoms. The van der Waals surface area contributed by atoms with Crippen LogP contribution in [0.3, 0.4) is 0 Å². The van der Waals surface area contributed by atoms with Crippen LogP contribution in [-0.4, -0.2) is 4.57 Å². The lowest BCUT2D eigenvalue weighted by atomic mass is 9.84. The number of para-hydroxylation sites is 2. The molecular formula is C64H39NO. The Labute approximate surface area is 387 Å². The topological polar surface area (TPSA) is 18.1 Å². The van der Waals surface area contributed by atoms with Crippen LogP contribution in [0.1, 0.15) is 6.85 Å². The van der Waals surface area contributed by atoms with Gasteiger partial charge in [-0.1, -0.05) is 194 Å². The number of furan rings is 1. The monoisotopic (exact) mass is 842 g/mol. The van der Waals surface area contributed by atoms with E-state index in [2.05, 4.69) is 174 Å². The predicted molar refractivity (Wildman–Crippen MR) is 280 cm³/mol. The normalized spacial score (nSPS) is 13.0. The molecule has 0 saturated carbocycles. The van der Waals surface area contributed by atoms with E-state index in [4.69, 9.17) is 11.3 Å². The molecule has 306 valence electrons. The molecule has 2 heteroatoms. The van der Waals surface area contributed by atoms with Crippen molar-refractivity contribution in [3.05, 3.63) is 236 Å². The summed E-state index contributed by atoms with van der Waals surface area (Å²) in [4.78, 5) is 0. The van der Waals surface area contributed by atoms with Crippen LogP contribution in [0.15, 0.2) is 241 Å². The van der Waals surface area contributed by atoms with Crippen molar-refractivity contribution in [2.45, 2.75) is 0 Å². The summed E-state index contributed by atoms with van der Waals surface area (Å²) in [6.07, 6.45) is 0. The lowest BCUT2D eigenvalue weighted by Gasteiger charge is -2.18. The van der Waals surface area contributed by atoms with Crippen molar-refractivity contribution in [1.29, 1.82) is 0 Å². The average Bonchev–Trinajstić information content (AvgIpc) is 3.97. The van der Waals surface area contributed by atoms with E-state index < -0.39 is 6.04 Å². The maximum atomic E-state index is 8.99. The Morgan fingerprint density at radius 1 is 0.318 bits per heavy atom. The van der Waals surface area contributed by atoms with Gasteiger partial charge in [-0.15, -0.1) is 0 Å². The smallest absolute Gasteiger partial charge is 0.136 e. The fraction of sp³-hybridized carbons (Fsp3) is 0. The molecule has 0 N–H and O–H groups in total. The van der Waals surface area contributed by atoms with Gasteiger partial charge in [0.2, 0.25) is 0 Å². The van der Waals surface area contributed by atoms with Crippen LogP contribution in [0.4, 0.5) is 0 Å². The molecule has 66 heavy (non-hydrogen) atoms. The fourth-order valence-corrected chi connectivity index (χ4v) is 11.0. The van der Waals surface area contributed by atoms with Crippen molar-refractivity contribution in [3.63, 3.8) is 0 Å². The van der Waals surface area contributed by atoms with Crippen molar-refractivity contribution >= 4 is 86.8 Å². The molecule has 0 atom stereocenters. The van der Waals surface area contributed by atoms with E-state index in [0.717, 1.165) is 87.8 Å². The van der Waals surface area contributed by atoms with Crippen molar-refractivity contribution in [2.24, 2.45) is 0 Å². The van der Waals surface area contributed by atoms with Crippen LogP contribution in [0, 0.1) is 0 Å². The first kappa shape index (κ1) is 32.0. The minimum atomic E-state index is -0.410. The Morgan fingerprint density at radius 3 is 1.29 bits per heavy atom. The molecule has 0 unspecified atom stereocenters. The first-order valence-electron chi connectivity index (χ1n) is 24.8. The van der Waals surface area contributed by atoms with Crippen LogP contribution < -0.4 is 0 Å². The highest BCUT2D eigenvalue weighted by Gasteiger charge is 2.22. The van der Waals surface area contributed by atoms with E-state index in [0.29, 0.717) is 5.56 Å². The summed E-state index contributed by atoms with van der Waals surface area (Å²) < 4.78 is 52.6. The third-order valence-corrected chi connectivity index (χ3v) is 13.7. The largest absolute Gasteiger partial charge is 0.456 e. The number of aromatic nitrogens is 1. The summed E-state index contributed by atoms with van der Waals surface area (Å²) in [7, 11) is 0. The van der Waals surface area contributed by atoms with Crippen LogP contribution in [0.25, 0.3) is 137 Å². The Balaban J connectivity index is 0.950. The van der Waals surface area contributed by atoms with Gasteiger partial charge in [0.05, 0.1) is 17.9 Å². The molecule has 2 nitrogen and oxygen atoms in total. The molecule has 0 aliphatic rings. The van der Waals surface area contributed by atoms with Gasteiger partial charge in [-0.2, -0.15) is 0 Å². The molecule has 2 aromatic heterocycles. The van der Waals surface area contributed by atoms with Crippen molar-refractivity contribution in [1.82, 2.24) is 4.57 Å². The van der Waals surface area contributed by atoms with Crippen molar-refractivity contribution in [3.8, 4) is 50.2 Å². The van der Waals surface area contributed by atoms with Gasteiger partial charge < -0.3 is 8.98 Å². The Kier molecular flexibility index (Phi) is 6.99. The summed E-state index contributed by atoms with van der Waals surface area (Å²) in [5, 5.41) is 12.6. The first-order valence-corrected chi connectivity index (χ1v) is 22.3. The highest BCUT2D eigenvalue weighted by Crippen LogP contribution is 2.49. The number of hydrogen-bond donors (Lipinski definition) is 0. The predicted octanol–water partition coefficient (Wildman–Crippen LogP) is 18.0. The highest BCUT2D eigenvalue weighted by atomic mass is 16.3. The first-order chi connectivity index (χ1) is 34.9. The van der Waals surface area contributed by atoms with E-state index >= 15 is 0 Å². The number of nitrogens with zero attached hydrogens (tertiary/aromatic N) is 1. The standard InChI is InChI=1S/C64H39NO/c1-2-17-40(18-3-1)60-46-21-4-6-23-48(46)62(49-24-7-5-22-47(49)60)42-35-38-54-59(39-42)66-58-32-16-29-55(64(54)58)63-52-27-10-8-25-50(52)61(51-26-9-11-28-53(51)63)41-33-36-43(37-34-41)65-56-30-14-12-19-44(56)45-20-13-15-31-57(45)65/h1-39H/i1D,2D,3D,17D,18D. The van der Waals surface area contributed by atoms with Crippen LogP contribution >= 0.6 is 0 Å². The Bertz CT molecular complexity index is 4390. The Hall–Kier alpha value is -8.72. The molecule has 0 bridgehead atoms. The summed E-state index contributed by atoms with van der Waals surface area (Å²) in [5.41, 5.74) is 12.3. The second-order valence-electron chi connectivity index (χ2n) is 17.1. The minimum Gasteiger partial charge on any atom is -0.456 e. The summed E-state index contributed by atoms with van der Waals surface area (Å²) in [6.45, 7) is 0. The number of rotatable bonds is 5. The zero-order valence-electron chi connectivity index (χ0n) is 40.5. The Morgan fingerprint density at radius 2 is 0.758 bits per heavy atom. The average molecular weight is 843 g/mol. The second kappa shape index (κ2) is 14.4. The maximum Gasteiger partial charge on any atom is 0.136 e. The van der Waals surface area contributed by atoms with E-state index in [9.17, 15) is 0 Å². The van der Waals surface area contributed by atoms with Gasteiger partial charge in [0.15, 0.2) is 0 Å². The molecule has 0 aliphatic heterocycles. The molecule has 12 aromatic carbocycles. The molecule has 0 aliphatic carbocycles. The van der Waals surface area contributed by atoms with E-state index in [-0.39, 0.29) is 29.7 Å². The van der Waals surface area contributed by atoms with Crippen LogP contribution in [0.5, 0.6) is 0 Å². The van der Waals surface area contributed by atoms with Crippen molar-refractivity contribution in [2.75, 3.05) is 0 Å². The second-order valence-corrected chi connectivity index (χ2v) is 17.1. The van der Waals surface area contributed by atoms with Gasteiger partial charge in [0.25, 0.3) is 0 Å². The van der Waals surface area contributed by atoms with E-state index in [1.807, 2.05) is 36.4 Å². The van der Waals surface area contributed by atoms with Crippen molar-refractivity contribution < 1.29 is 11.3 Å². The quantitative estimate of drug-likeness (QED) is 0.158. The third kappa shape index (κ3) is 5.36. The number of hydrogen-bond acceptors (Lipinski definition) is 1. The van der Waals surface area contributed by atoms with Gasteiger partial charge in [-0.05, 0) is 130 Å². The van der Waals surface area contributed by atoms with Crippen LogP contribution in [0.2, 0.25) is 0 Å². The number of benzene rings is 12. The maximum absolute atomic E-state index is 8.99. The van der Waals surface area contributed by atoms with Gasteiger partial charge >= 0.3 is 0 Å². The molecule has 14 rings (SSSR count). The third-order valence-electron chi connectivity index (χ3n) is 13.7. The molecular weight excluding hydrogens is 799 g/mol. The molecule has 0 saturated heterocycles. The SMILES string of the molecule is [2H]c1c([2H])c([2H])c(-c2c3ccccc3c(-c3ccc4c(c3)oc3cccc(-c5c6ccccc6c(-c6ccc(-n7c8ccccc8c8ccccc87)cc6)c6ccccc56)c34)c3ccccc23)c([2H])c1[2H]. The van der Waals surface area contributed by atoms with Gasteiger partial charge in [-0.3, -0.25) is 0 Å². The molecule has 2 heterocycles. The molecule has 0 radical (unpaired) electrons. The van der Waals surface area contributed by atoms with Gasteiger partial charge in [0.1, 0.15) is 11.2 Å². The van der Waals surface area contributed by atoms with E-state index in [1.54, 1.807) is 0 Å².